The molecule has 5 nitrogen and oxygen atoms in total. The van der Waals surface area contributed by atoms with Gasteiger partial charge < -0.3 is 10.6 Å². The molecule has 0 aromatic heterocycles. The number of hydrogen-bond acceptors (Lipinski definition) is 3. The second kappa shape index (κ2) is 9.02. The molecule has 0 radical (unpaired) electrons. The molecule has 2 aromatic carbocycles. The Bertz CT molecular complexity index is 826. The van der Waals surface area contributed by atoms with Crippen LogP contribution in [0.25, 0.3) is 0 Å². The second-order valence-corrected chi connectivity index (χ2v) is 6.61. The van der Waals surface area contributed by atoms with Gasteiger partial charge in [-0.15, -0.1) is 0 Å². The van der Waals surface area contributed by atoms with E-state index in [1.54, 1.807) is 48.5 Å². The number of nitrogens with zero attached hydrogens (tertiary/aromatic N) is 1. The largest absolute Gasteiger partial charge is 0.350 e. The van der Waals surface area contributed by atoms with Gasteiger partial charge in [0, 0.05) is 6.54 Å². The fraction of sp³-hybridized carbons (Fsp3) is 0.250. The van der Waals surface area contributed by atoms with Crippen LogP contribution in [0.4, 0.5) is 0 Å². The van der Waals surface area contributed by atoms with Crippen LogP contribution < -0.4 is 10.6 Å². The van der Waals surface area contributed by atoms with Crippen molar-refractivity contribution in [2.75, 3.05) is 0 Å². The molecule has 0 saturated carbocycles. The Morgan fingerprint density at radius 2 is 1.77 bits per heavy atom. The van der Waals surface area contributed by atoms with E-state index < -0.39 is 6.04 Å². The average Bonchev–Trinajstić information content (AvgIpc) is 2.64. The Kier molecular flexibility index (Phi) is 6.76. The highest BCUT2D eigenvalue weighted by Gasteiger charge is 2.25. The van der Waals surface area contributed by atoms with Crippen LogP contribution in [0.1, 0.15) is 35.3 Å². The molecular weight excluding hydrogens is 350 g/mol. The van der Waals surface area contributed by atoms with E-state index in [-0.39, 0.29) is 17.7 Å². The molecular formula is C20H20ClN3O2. The van der Waals surface area contributed by atoms with Crippen molar-refractivity contribution in [1.82, 2.24) is 10.6 Å². The molecule has 0 aliphatic heterocycles. The van der Waals surface area contributed by atoms with E-state index >= 15 is 0 Å². The molecule has 0 heterocycles. The maximum Gasteiger partial charge on any atom is 0.253 e. The van der Waals surface area contributed by atoms with Gasteiger partial charge in [0.1, 0.15) is 6.04 Å². The molecule has 134 valence electrons. The number of amides is 2. The minimum atomic E-state index is -0.683. The van der Waals surface area contributed by atoms with E-state index in [0.717, 1.165) is 5.56 Å². The second-order valence-electron chi connectivity index (χ2n) is 6.20. The molecule has 2 aromatic rings. The first-order valence-electron chi connectivity index (χ1n) is 8.24. The number of rotatable bonds is 6. The van der Waals surface area contributed by atoms with Crippen LogP contribution in [0.5, 0.6) is 0 Å². The van der Waals surface area contributed by atoms with Crippen molar-refractivity contribution in [1.29, 1.82) is 5.26 Å². The Morgan fingerprint density at radius 3 is 2.35 bits per heavy atom. The summed E-state index contributed by atoms with van der Waals surface area (Å²) in [6, 6.07) is 15.0. The van der Waals surface area contributed by atoms with Crippen molar-refractivity contribution in [3.8, 4) is 6.07 Å². The number of nitriles is 1. The Labute approximate surface area is 158 Å². The van der Waals surface area contributed by atoms with Crippen molar-refractivity contribution >= 4 is 23.4 Å². The monoisotopic (exact) mass is 369 g/mol. The topological polar surface area (TPSA) is 82.0 Å². The average molecular weight is 370 g/mol. The quantitative estimate of drug-likeness (QED) is 0.819. The van der Waals surface area contributed by atoms with Gasteiger partial charge in [-0.1, -0.05) is 49.7 Å². The summed E-state index contributed by atoms with van der Waals surface area (Å²) in [5.41, 5.74) is 1.77. The molecule has 1 atom stereocenters. The summed E-state index contributed by atoms with van der Waals surface area (Å²) >= 11 is 6.04. The number of halogens is 1. The van der Waals surface area contributed by atoms with Crippen molar-refractivity contribution in [2.45, 2.75) is 26.4 Å². The van der Waals surface area contributed by atoms with Crippen LogP contribution in [0.3, 0.4) is 0 Å². The zero-order chi connectivity index (χ0) is 19.1. The number of nitrogens with one attached hydrogen (secondary N) is 2. The van der Waals surface area contributed by atoms with Gasteiger partial charge >= 0.3 is 0 Å². The zero-order valence-electron chi connectivity index (χ0n) is 14.6. The fourth-order valence-electron chi connectivity index (χ4n) is 2.40. The van der Waals surface area contributed by atoms with Crippen LogP contribution in [0.2, 0.25) is 5.02 Å². The SMILES string of the molecule is CC(C)C(NC(=O)c1ccccc1Cl)C(=O)NCc1ccc(C#N)cc1. The lowest BCUT2D eigenvalue weighted by molar-refractivity contribution is -0.124. The molecule has 26 heavy (non-hydrogen) atoms. The Balaban J connectivity index is 2.01. The lowest BCUT2D eigenvalue weighted by Gasteiger charge is -2.22. The predicted octanol–water partition coefficient (Wildman–Crippen LogP) is 3.28. The van der Waals surface area contributed by atoms with Crippen LogP contribution >= 0.6 is 11.6 Å². The fourth-order valence-corrected chi connectivity index (χ4v) is 2.62. The maximum absolute atomic E-state index is 12.5. The molecule has 6 heteroatoms. The van der Waals surface area contributed by atoms with E-state index in [0.29, 0.717) is 22.7 Å². The van der Waals surface area contributed by atoms with Crippen LogP contribution in [-0.4, -0.2) is 17.9 Å². The van der Waals surface area contributed by atoms with Gasteiger partial charge in [-0.05, 0) is 35.7 Å². The van der Waals surface area contributed by atoms with Gasteiger partial charge in [0.2, 0.25) is 5.91 Å². The summed E-state index contributed by atoms with van der Waals surface area (Å²) in [6.07, 6.45) is 0. The lowest BCUT2D eigenvalue weighted by atomic mass is 10.0. The maximum atomic E-state index is 12.5. The first-order valence-corrected chi connectivity index (χ1v) is 8.62. The molecule has 0 saturated heterocycles. The third-order valence-electron chi connectivity index (χ3n) is 3.90. The predicted molar refractivity (Wildman–Crippen MR) is 101 cm³/mol. The summed E-state index contributed by atoms with van der Waals surface area (Å²) in [5.74, 6) is -0.755. The molecule has 0 bridgehead atoms. The number of benzene rings is 2. The van der Waals surface area contributed by atoms with Crippen LogP contribution in [0.15, 0.2) is 48.5 Å². The molecule has 0 spiro atoms. The van der Waals surface area contributed by atoms with Gasteiger partial charge in [0.05, 0.1) is 22.2 Å². The molecule has 1 unspecified atom stereocenters. The molecule has 2 N–H and O–H groups in total. The summed E-state index contributed by atoms with van der Waals surface area (Å²) in [5, 5.41) is 14.7. The normalized spacial score (nSPS) is 11.5. The van der Waals surface area contributed by atoms with E-state index in [2.05, 4.69) is 10.6 Å². The summed E-state index contributed by atoms with van der Waals surface area (Å²) in [6.45, 7) is 4.04. The number of carbonyl (C=O) groups excluding carboxylic acids is 2. The Hall–Kier alpha value is -2.84. The lowest BCUT2D eigenvalue weighted by Crippen LogP contribution is -2.49. The van der Waals surface area contributed by atoms with Crippen molar-refractivity contribution in [3.05, 3.63) is 70.2 Å². The Morgan fingerprint density at radius 1 is 1.12 bits per heavy atom. The first-order chi connectivity index (χ1) is 12.4. The van der Waals surface area contributed by atoms with Gasteiger partial charge in [-0.3, -0.25) is 9.59 Å². The minimum absolute atomic E-state index is 0.0950. The van der Waals surface area contributed by atoms with Crippen LogP contribution in [0, 0.1) is 17.2 Å². The van der Waals surface area contributed by atoms with Gasteiger partial charge in [-0.2, -0.15) is 5.26 Å². The van der Waals surface area contributed by atoms with Crippen molar-refractivity contribution < 1.29 is 9.59 Å². The van der Waals surface area contributed by atoms with Gasteiger partial charge in [-0.25, -0.2) is 0 Å². The van der Waals surface area contributed by atoms with E-state index in [9.17, 15) is 9.59 Å². The molecule has 0 fully saturated rings. The summed E-state index contributed by atoms with van der Waals surface area (Å²) < 4.78 is 0. The standard InChI is InChI=1S/C20H20ClN3O2/c1-13(2)18(24-19(25)16-5-3-4-6-17(16)21)20(26)23-12-15-9-7-14(11-22)8-10-15/h3-10,13,18H,12H2,1-2H3,(H,23,26)(H,24,25). The van der Waals surface area contributed by atoms with E-state index in [4.69, 9.17) is 16.9 Å². The zero-order valence-corrected chi connectivity index (χ0v) is 15.4. The smallest absolute Gasteiger partial charge is 0.253 e. The number of carbonyl (C=O) groups is 2. The van der Waals surface area contributed by atoms with E-state index in [1.165, 1.54) is 0 Å². The summed E-state index contributed by atoms with van der Waals surface area (Å²) in [7, 11) is 0. The molecule has 0 aliphatic rings. The highest BCUT2D eigenvalue weighted by molar-refractivity contribution is 6.33. The van der Waals surface area contributed by atoms with E-state index in [1.807, 2.05) is 19.9 Å². The third-order valence-corrected chi connectivity index (χ3v) is 4.23. The summed E-state index contributed by atoms with van der Waals surface area (Å²) in [4.78, 5) is 24.9. The minimum Gasteiger partial charge on any atom is -0.350 e. The van der Waals surface area contributed by atoms with Crippen molar-refractivity contribution in [3.63, 3.8) is 0 Å². The highest BCUT2D eigenvalue weighted by Crippen LogP contribution is 2.15. The van der Waals surface area contributed by atoms with Gasteiger partial charge in [0.25, 0.3) is 5.91 Å². The molecule has 0 aliphatic carbocycles. The molecule has 2 rings (SSSR count). The van der Waals surface area contributed by atoms with Gasteiger partial charge in [0.15, 0.2) is 0 Å². The third kappa shape index (κ3) is 5.08. The molecule has 2 amide bonds. The number of hydrogen-bond donors (Lipinski definition) is 2. The first kappa shape index (κ1) is 19.5. The highest BCUT2D eigenvalue weighted by atomic mass is 35.5. The van der Waals surface area contributed by atoms with Crippen molar-refractivity contribution in [2.24, 2.45) is 5.92 Å². The van der Waals surface area contributed by atoms with Crippen LogP contribution in [-0.2, 0) is 11.3 Å².